The first kappa shape index (κ1) is 24.7. The zero-order valence-corrected chi connectivity index (χ0v) is 16.9. The monoisotopic (exact) mass is 487 g/mol. The summed E-state index contributed by atoms with van der Waals surface area (Å²) in [6.45, 7) is -1.35. The zero-order valence-electron chi connectivity index (χ0n) is 16.9. The molecular weight excluding hydrogens is 470 g/mol. The molecule has 1 atom stereocenters. The molecule has 1 heterocycles. The van der Waals surface area contributed by atoms with E-state index in [0.29, 0.717) is 0 Å². The molecule has 3 rings (SSSR count). The molecule has 182 valence electrons. The van der Waals surface area contributed by atoms with Gasteiger partial charge in [-0.2, -0.15) is 31.4 Å². The van der Waals surface area contributed by atoms with Gasteiger partial charge in [0.25, 0.3) is 0 Å². The van der Waals surface area contributed by atoms with E-state index >= 15 is 0 Å². The van der Waals surface area contributed by atoms with Gasteiger partial charge in [0.1, 0.15) is 23.9 Å². The number of nitrogens with one attached hydrogen (secondary N) is 1. The Labute approximate surface area is 181 Å². The molecule has 1 unspecified atom stereocenters. The minimum Gasteiger partial charge on any atom is -0.473 e. The van der Waals surface area contributed by atoms with E-state index in [1.807, 2.05) is 0 Å². The van der Waals surface area contributed by atoms with Crippen molar-refractivity contribution in [3.05, 3.63) is 47.2 Å². The van der Waals surface area contributed by atoms with Gasteiger partial charge in [-0.15, -0.1) is 0 Å². The highest BCUT2D eigenvalue weighted by Crippen LogP contribution is 2.58. The summed E-state index contributed by atoms with van der Waals surface area (Å²) in [5.41, 5.74) is -2.76. The average Bonchev–Trinajstić information content (AvgIpc) is 3.40. The molecule has 1 aromatic carbocycles. The molecule has 1 aliphatic rings. The summed E-state index contributed by atoms with van der Waals surface area (Å²) < 4.78 is 115. The molecule has 0 aliphatic heterocycles. The number of alkyl halides is 6. The standard InChI is InChI=1S/C19H17F8N3O3/c1-28-15(33-16(31)18(22,23)24)13-7-14(32-8-10-6-11(20)2-3-12(10)21)30(29-13)9-17(4-5-17)19(25,26)27/h2-3,6-7,15,28H,4-5,8-9H2,1H3. The first-order valence-electron chi connectivity index (χ1n) is 9.42. The topological polar surface area (TPSA) is 65.4 Å². The number of benzene rings is 1. The van der Waals surface area contributed by atoms with Crippen LogP contribution in [-0.4, -0.2) is 35.2 Å². The van der Waals surface area contributed by atoms with Crippen molar-refractivity contribution in [2.75, 3.05) is 7.05 Å². The van der Waals surface area contributed by atoms with Crippen molar-refractivity contribution in [2.24, 2.45) is 5.41 Å². The van der Waals surface area contributed by atoms with Crippen LogP contribution in [0.4, 0.5) is 35.1 Å². The molecule has 0 amide bonds. The van der Waals surface area contributed by atoms with Crippen molar-refractivity contribution in [2.45, 2.75) is 44.6 Å². The lowest BCUT2D eigenvalue weighted by Gasteiger charge is -2.20. The van der Waals surface area contributed by atoms with Gasteiger partial charge < -0.3 is 9.47 Å². The zero-order chi connectivity index (χ0) is 24.6. The van der Waals surface area contributed by atoms with Crippen LogP contribution in [0, 0.1) is 17.0 Å². The quantitative estimate of drug-likeness (QED) is 0.340. The van der Waals surface area contributed by atoms with E-state index in [0.717, 1.165) is 36.0 Å². The van der Waals surface area contributed by atoms with Gasteiger partial charge in [-0.25, -0.2) is 18.3 Å². The maximum Gasteiger partial charge on any atom is 0.490 e. The highest BCUT2D eigenvalue weighted by molar-refractivity contribution is 5.75. The van der Waals surface area contributed by atoms with Crippen LogP contribution in [0.15, 0.2) is 24.3 Å². The summed E-state index contributed by atoms with van der Waals surface area (Å²) in [6, 6.07) is 3.45. The molecule has 0 spiro atoms. The molecule has 1 saturated carbocycles. The van der Waals surface area contributed by atoms with E-state index in [4.69, 9.17) is 4.74 Å². The van der Waals surface area contributed by atoms with Gasteiger partial charge in [-0.1, -0.05) is 0 Å². The van der Waals surface area contributed by atoms with Crippen LogP contribution in [0.25, 0.3) is 0 Å². The van der Waals surface area contributed by atoms with Gasteiger partial charge >= 0.3 is 18.3 Å². The minimum atomic E-state index is -5.32. The molecule has 0 radical (unpaired) electrons. The number of rotatable bonds is 8. The Morgan fingerprint density at radius 2 is 1.85 bits per heavy atom. The molecule has 1 aliphatic carbocycles. The van der Waals surface area contributed by atoms with Crippen molar-refractivity contribution in [1.82, 2.24) is 15.1 Å². The van der Waals surface area contributed by atoms with Crippen LogP contribution in [0.3, 0.4) is 0 Å². The van der Waals surface area contributed by atoms with Crippen LogP contribution < -0.4 is 10.1 Å². The van der Waals surface area contributed by atoms with Gasteiger partial charge in [-0.3, -0.25) is 5.32 Å². The van der Waals surface area contributed by atoms with Crippen molar-refractivity contribution >= 4 is 5.97 Å². The molecule has 2 aromatic rings. The molecule has 14 heteroatoms. The van der Waals surface area contributed by atoms with E-state index in [1.165, 1.54) is 0 Å². The number of nitrogens with zero attached hydrogens (tertiary/aromatic N) is 2. The first-order chi connectivity index (χ1) is 15.3. The Balaban J connectivity index is 1.90. The molecule has 0 saturated heterocycles. The third-order valence-corrected chi connectivity index (χ3v) is 5.04. The Kier molecular flexibility index (Phi) is 6.60. The smallest absolute Gasteiger partial charge is 0.473 e. The number of halogens is 8. The van der Waals surface area contributed by atoms with Crippen LogP contribution in [0.2, 0.25) is 0 Å². The third-order valence-electron chi connectivity index (χ3n) is 5.04. The molecular formula is C19H17F8N3O3. The largest absolute Gasteiger partial charge is 0.490 e. The van der Waals surface area contributed by atoms with Gasteiger partial charge in [0, 0.05) is 11.6 Å². The number of hydrogen-bond donors (Lipinski definition) is 1. The number of esters is 1. The Hall–Kier alpha value is -2.90. The van der Waals surface area contributed by atoms with Crippen LogP contribution in [0.1, 0.15) is 30.3 Å². The van der Waals surface area contributed by atoms with E-state index < -0.39 is 54.8 Å². The number of ether oxygens (including phenoxy) is 2. The maximum atomic E-state index is 13.9. The van der Waals surface area contributed by atoms with E-state index in [9.17, 15) is 39.9 Å². The van der Waals surface area contributed by atoms with E-state index in [-0.39, 0.29) is 30.0 Å². The number of carbonyl (C=O) groups is 1. The van der Waals surface area contributed by atoms with Gasteiger partial charge in [0.05, 0.1) is 12.0 Å². The highest BCUT2D eigenvalue weighted by Gasteiger charge is 2.63. The summed E-state index contributed by atoms with van der Waals surface area (Å²) in [7, 11) is 1.13. The Bertz CT molecular complexity index is 1010. The average molecular weight is 487 g/mol. The van der Waals surface area contributed by atoms with E-state index in [2.05, 4.69) is 15.2 Å². The summed E-state index contributed by atoms with van der Waals surface area (Å²) in [4.78, 5) is 11.2. The number of carbonyl (C=O) groups excluding carboxylic acids is 1. The second-order valence-corrected chi connectivity index (χ2v) is 7.44. The first-order valence-corrected chi connectivity index (χ1v) is 9.42. The summed E-state index contributed by atoms with van der Waals surface area (Å²) in [6.07, 6.45) is -12.1. The normalized spacial score (nSPS) is 16.4. The van der Waals surface area contributed by atoms with Crippen LogP contribution in [0.5, 0.6) is 5.88 Å². The number of hydrogen-bond acceptors (Lipinski definition) is 5. The molecule has 1 N–H and O–H groups in total. The lowest BCUT2D eigenvalue weighted by atomic mass is 10.1. The van der Waals surface area contributed by atoms with Gasteiger partial charge in [-0.05, 0) is 38.1 Å². The number of aromatic nitrogens is 2. The molecule has 33 heavy (non-hydrogen) atoms. The summed E-state index contributed by atoms with van der Waals surface area (Å²) in [5, 5.41) is 6.08. The van der Waals surface area contributed by atoms with Gasteiger partial charge in [0.15, 0.2) is 6.23 Å². The lowest BCUT2D eigenvalue weighted by molar-refractivity contribution is -0.206. The second-order valence-electron chi connectivity index (χ2n) is 7.44. The summed E-state index contributed by atoms with van der Waals surface area (Å²) >= 11 is 0. The maximum absolute atomic E-state index is 13.9. The van der Waals surface area contributed by atoms with Crippen molar-refractivity contribution < 1.29 is 49.4 Å². The fourth-order valence-corrected chi connectivity index (χ4v) is 2.99. The predicted octanol–water partition coefficient (Wildman–Crippen LogP) is 4.41. The SMILES string of the molecule is CNC(OC(=O)C(F)(F)F)c1cc(OCc2cc(F)ccc2F)n(CC2(C(F)(F)F)CC2)n1. The Morgan fingerprint density at radius 1 is 1.18 bits per heavy atom. The fraction of sp³-hybridized carbons (Fsp3) is 0.474. The lowest BCUT2D eigenvalue weighted by Crippen LogP contribution is -2.32. The molecule has 6 nitrogen and oxygen atoms in total. The summed E-state index contributed by atoms with van der Waals surface area (Å²) in [5.74, 6) is -4.54. The molecule has 1 fully saturated rings. The van der Waals surface area contributed by atoms with Crippen molar-refractivity contribution in [1.29, 1.82) is 0 Å². The van der Waals surface area contributed by atoms with Crippen molar-refractivity contribution in [3.63, 3.8) is 0 Å². The molecule has 0 bridgehead atoms. The van der Waals surface area contributed by atoms with Crippen LogP contribution in [-0.2, 0) is 22.7 Å². The van der Waals surface area contributed by atoms with Gasteiger partial charge in [0.2, 0.25) is 5.88 Å². The fourth-order valence-electron chi connectivity index (χ4n) is 2.99. The van der Waals surface area contributed by atoms with Crippen LogP contribution >= 0.6 is 0 Å². The second kappa shape index (κ2) is 8.80. The van der Waals surface area contributed by atoms with E-state index in [1.54, 1.807) is 0 Å². The minimum absolute atomic E-state index is 0.206. The highest BCUT2D eigenvalue weighted by atomic mass is 19.4. The predicted molar refractivity (Wildman–Crippen MR) is 94.6 cm³/mol. The Morgan fingerprint density at radius 3 is 2.39 bits per heavy atom. The molecule has 1 aromatic heterocycles. The van der Waals surface area contributed by atoms with Crippen molar-refractivity contribution in [3.8, 4) is 5.88 Å². The third kappa shape index (κ3) is 5.54.